The van der Waals surface area contributed by atoms with Crippen molar-refractivity contribution in [3.63, 3.8) is 0 Å². The number of amides is 1. The number of carbonyl (C=O) groups is 1. The number of halogens is 2. The fraction of sp³-hybridized carbons (Fsp3) is 0.167. The van der Waals surface area contributed by atoms with E-state index in [-0.39, 0.29) is 5.91 Å². The fourth-order valence-electron chi connectivity index (χ4n) is 3.18. The topological polar surface area (TPSA) is 55.1 Å². The Morgan fingerprint density at radius 2 is 1.73 bits per heavy atom. The summed E-state index contributed by atoms with van der Waals surface area (Å²) < 4.78 is 5.77. The number of hydrogen-bond donors (Lipinski definition) is 1. The van der Waals surface area contributed by atoms with Gasteiger partial charge in [-0.05, 0) is 53.4 Å². The van der Waals surface area contributed by atoms with Crippen LogP contribution < -0.4 is 5.32 Å². The molecule has 0 radical (unpaired) electrons. The molecule has 0 aliphatic rings. The predicted octanol–water partition coefficient (Wildman–Crippen LogP) is 7.10. The Balaban J connectivity index is 1.44. The highest BCUT2D eigenvalue weighted by molar-refractivity contribution is 6.37. The van der Waals surface area contributed by atoms with Gasteiger partial charge in [0.2, 0.25) is 0 Å². The lowest BCUT2D eigenvalue weighted by molar-refractivity contribution is 0.102. The second-order valence-electron chi connectivity index (χ2n) is 7.45. The number of rotatable bonds is 5. The maximum Gasteiger partial charge on any atom is 0.255 e. The molecular weight excluding hydrogens is 419 g/mol. The van der Waals surface area contributed by atoms with Gasteiger partial charge < -0.3 is 9.73 Å². The molecule has 30 heavy (non-hydrogen) atoms. The van der Waals surface area contributed by atoms with Gasteiger partial charge in [-0.1, -0.05) is 61.3 Å². The number of nitrogens with one attached hydrogen (secondary N) is 1. The van der Waals surface area contributed by atoms with Crippen LogP contribution in [0.3, 0.4) is 0 Å². The van der Waals surface area contributed by atoms with Gasteiger partial charge in [-0.25, -0.2) is 4.98 Å². The number of carbonyl (C=O) groups excluding carboxylic acids is 1. The summed E-state index contributed by atoms with van der Waals surface area (Å²) >= 11 is 12.2. The molecule has 0 unspecified atom stereocenters. The van der Waals surface area contributed by atoms with Crippen molar-refractivity contribution >= 4 is 45.9 Å². The Labute approximate surface area is 184 Å². The van der Waals surface area contributed by atoms with Gasteiger partial charge in [0.25, 0.3) is 5.91 Å². The minimum atomic E-state index is -0.136. The second-order valence-corrected chi connectivity index (χ2v) is 8.29. The third-order valence-electron chi connectivity index (χ3n) is 4.86. The van der Waals surface area contributed by atoms with Crippen LogP contribution in [-0.4, -0.2) is 10.9 Å². The Kier molecular flexibility index (Phi) is 5.80. The molecule has 0 atom stereocenters. The van der Waals surface area contributed by atoms with Crippen LogP contribution in [0.4, 0.5) is 5.69 Å². The Morgan fingerprint density at radius 1 is 1.03 bits per heavy atom. The number of anilines is 1. The van der Waals surface area contributed by atoms with E-state index in [1.54, 1.807) is 12.1 Å². The zero-order chi connectivity index (χ0) is 21.3. The summed E-state index contributed by atoms with van der Waals surface area (Å²) in [5, 5.41) is 3.88. The summed E-state index contributed by atoms with van der Waals surface area (Å²) in [7, 11) is 0. The Bertz CT molecular complexity index is 1200. The van der Waals surface area contributed by atoms with Gasteiger partial charge in [0, 0.05) is 22.7 Å². The molecule has 4 aromatic rings. The standard InChI is InChI=1S/C24H20Cl2N2O2/c1-14(2)16-5-7-17(8-6-16)24(29)27-19-9-3-15(4-10-19)11-22-28-21-13-18(25)12-20(26)23(21)30-22/h3-10,12-14H,11H2,1-2H3,(H,27,29). The monoisotopic (exact) mass is 438 g/mol. The predicted molar refractivity (Wildman–Crippen MR) is 122 cm³/mol. The zero-order valence-corrected chi connectivity index (χ0v) is 18.1. The van der Waals surface area contributed by atoms with Crippen molar-refractivity contribution in [2.24, 2.45) is 0 Å². The van der Waals surface area contributed by atoms with Crippen molar-refractivity contribution < 1.29 is 9.21 Å². The van der Waals surface area contributed by atoms with Gasteiger partial charge in [-0.2, -0.15) is 0 Å². The molecule has 0 aliphatic heterocycles. The highest BCUT2D eigenvalue weighted by Crippen LogP contribution is 2.29. The Morgan fingerprint density at radius 3 is 2.40 bits per heavy atom. The van der Waals surface area contributed by atoms with Crippen LogP contribution in [0.25, 0.3) is 11.1 Å². The first-order chi connectivity index (χ1) is 14.4. The lowest BCUT2D eigenvalue weighted by Gasteiger charge is -2.08. The van der Waals surface area contributed by atoms with E-state index in [0.717, 1.165) is 11.3 Å². The van der Waals surface area contributed by atoms with Crippen LogP contribution in [0.1, 0.15) is 47.1 Å². The van der Waals surface area contributed by atoms with Crippen molar-refractivity contribution in [2.75, 3.05) is 5.32 Å². The first-order valence-electron chi connectivity index (χ1n) is 9.64. The van der Waals surface area contributed by atoms with Gasteiger partial charge in [0.1, 0.15) is 5.52 Å². The maximum atomic E-state index is 12.5. The van der Waals surface area contributed by atoms with Crippen LogP contribution in [0.15, 0.2) is 65.1 Å². The average molecular weight is 439 g/mol. The van der Waals surface area contributed by atoms with Gasteiger partial charge >= 0.3 is 0 Å². The Hall–Kier alpha value is -2.82. The van der Waals surface area contributed by atoms with Gasteiger partial charge in [0.05, 0.1) is 5.02 Å². The highest BCUT2D eigenvalue weighted by Gasteiger charge is 2.12. The van der Waals surface area contributed by atoms with E-state index < -0.39 is 0 Å². The third-order valence-corrected chi connectivity index (χ3v) is 5.36. The number of hydrogen-bond acceptors (Lipinski definition) is 3. The van der Waals surface area contributed by atoms with E-state index in [2.05, 4.69) is 24.1 Å². The summed E-state index contributed by atoms with van der Waals surface area (Å²) in [6.45, 7) is 4.25. The fourth-order valence-corrected chi connectivity index (χ4v) is 3.71. The van der Waals surface area contributed by atoms with Crippen molar-refractivity contribution in [3.8, 4) is 0 Å². The average Bonchev–Trinajstić information content (AvgIpc) is 3.12. The smallest absolute Gasteiger partial charge is 0.255 e. The number of nitrogens with zero attached hydrogens (tertiary/aromatic N) is 1. The summed E-state index contributed by atoms with van der Waals surface area (Å²) in [4.78, 5) is 16.9. The van der Waals surface area contributed by atoms with E-state index in [4.69, 9.17) is 27.6 Å². The molecule has 4 nitrogen and oxygen atoms in total. The van der Waals surface area contributed by atoms with E-state index in [1.807, 2.05) is 48.5 Å². The van der Waals surface area contributed by atoms with Crippen molar-refractivity contribution in [1.82, 2.24) is 4.98 Å². The van der Waals surface area contributed by atoms with Gasteiger partial charge in [0.15, 0.2) is 11.5 Å². The quantitative estimate of drug-likeness (QED) is 0.361. The van der Waals surface area contributed by atoms with Gasteiger partial charge in [-0.15, -0.1) is 0 Å². The molecule has 0 fully saturated rings. The van der Waals surface area contributed by atoms with Crippen molar-refractivity contribution in [3.05, 3.63) is 93.3 Å². The van der Waals surface area contributed by atoms with E-state index in [1.165, 1.54) is 5.56 Å². The number of oxazole rings is 1. The first-order valence-corrected chi connectivity index (χ1v) is 10.4. The first kappa shape index (κ1) is 20.5. The summed E-state index contributed by atoms with van der Waals surface area (Å²) in [5.74, 6) is 0.851. The van der Waals surface area contributed by atoms with E-state index in [0.29, 0.717) is 44.9 Å². The van der Waals surface area contributed by atoms with Crippen LogP contribution in [-0.2, 0) is 6.42 Å². The van der Waals surface area contributed by atoms with Crippen LogP contribution in [0, 0.1) is 0 Å². The highest BCUT2D eigenvalue weighted by atomic mass is 35.5. The zero-order valence-electron chi connectivity index (χ0n) is 16.6. The molecule has 0 saturated heterocycles. The molecule has 0 bridgehead atoms. The largest absolute Gasteiger partial charge is 0.439 e. The lowest BCUT2D eigenvalue weighted by Crippen LogP contribution is -2.11. The van der Waals surface area contributed by atoms with E-state index in [9.17, 15) is 4.79 Å². The van der Waals surface area contributed by atoms with Crippen LogP contribution in [0.5, 0.6) is 0 Å². The second kappa shape index (κ2) is 8.50. The molecule has 3 aromatic carbocycles. The molecule has 0 saturated carbocycles. The summed E-state index contributed by atoms with van der Waals surface area (Å²) in [6.07, 6.45) is 0.507. The van der Waals surface area contributed by atoms with Crippen molar-refractivity contribution in [2.45, 2.75) is 26.2 Å². The molecule has 152 valence electrons. The molecule has 0 aliphatic carbocycles. The SMILES string of the molecule is CC(C)c1ccc(C(=O)Nc2ccc(Cc3nc4cc(Cl)cc(Cl)c4o3)cc2)cc1. The number of fused-ring (bicyclic) bond motifs is 1. The minimum absolute atomic E-state index is 0.136. The lowest BCUT2D eigenvalue weighted by atomic mass is 10.0. The molecule has 0 spiro atoms. The third kappa shape index (κ3) is 4.50. The molecule has 6 heteroatoms. The van der Waals surface area contributed by atoms with Crippen LogP contribution in [0.2, 0.25) is 10.0 Å². The summed E-state index contributed by atoms with van der Waals surface area (Å²) in [5.41, 5.74) is 4.73. The molecule has 1 aromatic heterocycles. The van der Waals surface area contributed by atoms with E-state index >= 15 is 0 Å². The van der Waals surface area contributed by atoms with Crippen LogP contribution >= 0.6 is 23.2 Å². The molecule has 4 rings (SSSR count). The summed E-state index contributed by atoms with van der Waals surface area (Å²) in [6, 6.07) is 18.6. The van der Waals surface area contributed by atoms with Crippen molar-refractivity contribution in [1.29, 1.82) is 0 Å². The number of aromatic nitrogens is 1. The van der Waals surface area contributed by atoms with Gasteiger partial charge in [-0.3, -0.25) is 4.79 Å². The molecular formula is C24H20Cl2N2O2. The molecule has 1 amide bonds. The minimum Gasteiger partial charge on any atom is -0.439 e. The maximum absolute atomic E-state index is 12.5. The molecule has 1 N–H and O–H groups in total. The number of benzene rings is 3. The normalized spacial score (nSPS) is 11.2. The molecule has 1 heterocycles.